The second-order valence-corrected chi connectivity index (χ2v) is 6.44. The first-order chi connectivity index (χ1) is 11.4. The zero-order chi connectivity index (χ0) is 15.5. The van der Waals surface area contributed by atoms with Crippen LogP contribution in [-0.4, -0.2) is 61.4 Å². The first-order valence-electron chi connectivity index (χ1n) is 8.49. The average Bonchev–Trinajstić information content (AvgIpc) is 3.29. The van der Waals surface area contributed by atoms with Crippen LogP contribution >= 0.6 is 0 Å². The van der Waals surface area contributed by atoms with Crippen molar-refractivity contribution in [1.29, 1.82) is 0 Å². The monoisotopic (exact) mass is 313 g/mol. The van der Waals surface area contributed by atoms with Crippen LogP contribution in [0.2, 0.25) is 0 Å². The van der Waals surface area contributed by atoms with Crippen LogP contribution in [0.5, 0.6) is 0 Å². The number of anilines is 1. The highest BCUT2D eigenvalue weighted by atomic mass is 15.3. The average molecular weight is 313 g/mol. The molecule has 2 aromatic rings. The van der Waals surface area contributed by atoms with Crippen LogP contribution in [0, 0.1) is 0 Å². The van der Waals surface area contributed by atoms with Gasteiger partial charge in [-0.05, 0) is 31.7 Å². The van der Waals surface area contributed by atoms with Crippen LogP contribution in [0.1, 0.15) is 25.7 Å². The summed E-state index contributed by atoms with van der Waals surface area (Å²) in [5.74, 6) is 1.10. The molecule has 2 aliphatic rings. The van der Waals surface area contributed by atoms with Gasteiger partial charge in [-0.2, -0.15) is 5.10 Å². The van der Waals surface area contributed by atoms with E-state index in [0.29, 0.717) is 12.1 Å². The largest absolute Gasteiger partial charge is 0.350 e. The summed E-state index contributed by atoms with van der Waals surface area (Å²) < 4.78 is 1.91. The van der Waals surface area contributed by atoms with Crippen molar-refractivity contribution < 1.29 is 0 Å². The molecule has 122 valence electrons. The third-order valence-corrected chi connectivity index (χ3v) is 4.83. The summed E-state index contributed by atoms with van der Waals surface area (Å²) in [6.45, 7) is 4.26. The Labute approximate surface area is 136 Å². The molecule has 3 heterocycles. The smallest absolute Gasteiger partial charge is 0.137 e. The fourth-order valence-corrected chi connectivity index (χ4v) is 3.47. The molecule has 1 aliphatic heterocycles. The Morgan fingerprint density at radius 1 is 1.00 bits per heavy atom. The molecule has 1 saturated carbocycles. The number of piperidine rings is 1. The normalized spacial score (nSPS) is 19.8. The highest BCUT2D eigenvalue weighted by Crippen LogP contribution is 2.34. The van der Waals surface area contributed by atoms with E-state index in [-0.39, 0.29) is 0 Å². The lowest BCUT2D eigenvalue weighted by molar-refractivity contribution is 0.199. The summed E-state index contributed by atoms with van der Waals surface area (Å²) in [6, 6.07) is 3.35. The van der Waals surface area contributed by atoms with E-state index in [2.05, 4.69) is 35.9 Å². The molecule has 0 amide bonds. The predicted molar refractivity (Wildman–Crippen MR) is 87.0 cm³/mol. The maximum atomic E-state index is 4.49. The number of hydrogen-bond acceptors (Lipinski definition) is 6. The van der Waals surface area contributed by atoms with Gasteiger partial charge in [-0.15, -0.1) is 0 Å². The predicted octanol–water partition coefficient (Wildman–Crippen LogP) is 1.20. The molecule has 2 aromatic heterocycles. The lowest BCUT2D eigenvalue weighted by Gasteiger charge is -2.39. The number of hydrogen-bond donors (Lipinski definition) is 0. The summed E-state index contributed by atoms with van der Waals surface area (Å²) in [5, 5.41) is 4.17. The van der Waals surface area contributed by atoms with Crippen molar-refractivity contribution in [3.63, 3.8) is 0 Å². The number of aromatic nitrogens is 5. The van der Waals surface area contributed by atoms with Gasteiger partial charge in [-0.1, -0.05) is 0 Å². The van der Waals surface area contributed by atoms with Crippen molar-refractivity contribution in [3.05, 3.63) is 31.2 Å². The molecular weight excluding hydrogens is 290 g/mol. The van der Waals surface area contributed by atoms with Crippen molar-refractivity contribution in [3.8, 4) is 0 Å². The van der Waals surface area contributed by atoms with E-state index in [1.165, 1.54) is 25.7 Å². The van der Waals surface area contributed by atoms with Crippen LogP contribution in [-0.2, 0) is 6.54 Å². The standard InChI is InChI=1S/C16H23N7/c1-2-14(1)23(16-3-6-17-11-19-16)15-4-7-21(8-5-15)9-10-22-13-18-12-20-22/h3,6,11-15H,1-2,4-5,7-10H2. The number of likely N-dealkylation sites (tertiary alicyclic amines) is 1. The molecule has 0 atom stereocenters. The van der Waals surface area contributed by atoms with Crippen molar-refractivity contribution in [1.82, 2.24) is 29.6 Å². The minimum atomic E-state index is 0.611. The molecule has 7 heteroatoms. The van der Waals surface area contributed by atoms with E-state index in [0.717, 1.165) is 32.0 Å². The molecule has 4 rings (SSSR count). The fraction of sp³-hybridized carbons (Fsp3) is 0.625. The van der Waals surface area contributed by atoms with Crippen LogP contribution < -0.4 is 4.90 Å². The Hall–Kier alpha value is -2.02. The maximum absolute atomic E-state index is 4.49. The third kappa shape index (κ3) is 3.50. The molecule has 7 nitrogen and oxygen atoms in total. The highest BCUT2D eigenvalue weighted by molar-refractivity contribution is 5.41. The summed E-state index contributed by atoms with van der Waals surface area (Å²) in [5.41, 5.74) is 0. The lowest BCUT2D eigenvalue weighted by Crippen LogP contribution is -2.47. The minimum absolute atomic E-state index is 0.611. The third-order valence-electron chi connectivity index (χ3n) is 4.83. The van der Waals surface area contributed by atoms with Gasteiger partial charge < -0.3 is 9.80 Å². The van der Waals surface area contributed by atoms with Crippen molar-refractivity contribution in [2.45, 2.75) is 44.3 Å². The molecule has 23 heavy (non-hydrogen) atoms. The van der Waals surface area contributed by atoms with Gasteiger partial charge in [-0.3, -0.25) is 4.68 Å². The fourth-order valence-electron chi connectivity index (χ4n) is 3.47. The summed E-state index contributed by atoms with van der Waals surface area (Å²) in [4.78, 5) is 17.6. The van der Waals surface area contributed by atoms with Crippen LogP contribution in [0.15, 0.2) is 31.2 Å². The van der Waals surface area contributed by atoms with Crippen LogP contribution in [0.3, 0.4) is 0 Å². The van der Waals surface area contributed by atoms with E-state index < -0.39 is 0 Å². The Morgan fingerprint density at radius 3 is 2.48 bits per heavy atom. The Morgan fingerprint density at radius 2 is 1.83 bits per heavy atom. The van der Waals surface area contributed by atoms with Crippen molar-refractivity contribution >= 4 is 5.82 Å². The van der Waals surface area contributed by atoms with Gasteiger partial charge in [0.15, 0.2) is 0 Å². The molecule has 0 radical (unpaired) electrons. The summed E-state index contributed by atoms with van der Waals surface area (Å²) in [7, 11) is 0. The first kappa shape index (κ1) is 14.6. The van der Waals surface area contributed by atoms with Gasteiger partial charge in [-0.25, -0.2) is 15.0 Å². The van der Waals surface area contributed by atoms with Gasteiger partial charge in [0, 0.05) is 37.9 Å². The number of rotatable bonds is 6. The van der Waals surface area contributed by atoms with Crippen molar-refractivity contribution in [2.24, 2.45) is 0 Å². The topological polar surface area (TPSA) is 63.0 Å². The number of nitrogens with zero attached hydrogens (tertiary/aromatic N) is 7. The molecule has 0 N–H and O–H groups in total. The maximum Gasteiger partial charge on any atom is 0.137 e. The summed E-state index contributed by atoms with van der Waals surface area (Å²) >= 11 is 0. The van der Waals surface area contributed by atoms with E-state index in [1.807, 2.05) is 10.9 Å². The lowest BCUT2D eigenvalue weighted by atomic mass is 10.0. The molecule has 0 bridgehead atoms. The molecule has 1 saturated heterocycles. The van der Waals surface area contributed by atoms with Crippen LogP contribution in [0.25, 0.3) is 0 Å². The van der Waals surface area contributed by atoms with Crippen molar-refractivity contribution in [2.75, 3.05) is 24.5 Å². The zero-order valence-electron chi connectivity index (χ0n) is 13.3. The van der Waals surface area contributed by atoms with E-state index >= 15 is 0 Å². The quantitative estimate of drug-likeness (QED) is 0.798. The van der Waals surface area contributed by atoms with E-state index in [9.17, 15) is 0 Å². The Balaban J connectivity index is 1.33. The molecule has 0 spiro atoms. The second kappa shape index (κ2) is 6.62. The van der Waals surface area contributed by atoms with Gasteiger partial charge >= 0.3 is 0 Å². The van der Waals surface area contributed by atoms with Gasteiger partial charge in [0.25, 0.3) is 0 Å². The second-order valence-electron chi connectivity index (χ2n) is 6.44. The molecule has 1 aliphatic carbocycles. The van der Waals surface area contributed by atoms with E-state index in [1.54, 1.807) is 19.0 Å². The summed E-state index contributed by atoms with van der Waals surface area (Å²) in [6.07, 6.45) is 11.9. The highest BCUT2D eigenvalue weighted by Gasteiger charge is 2.36. The van der Waals surface area contributed by atoms with Gasteiger partial charge in [0.2, 0.25) is 0 Å². The van der Waals surface area contributed by atoms with Gasteiger partial charge in [0.05, 0.1) is 6.54 Å². The Kier molecular flexibility index (Phi) is 4.19. The zero-order valence-corrected chi connectivity index (χ0v) is 13.3. The molecule has 0 aromatic carbocycles. The van der Waals surface area contributed by atoms with Crippen LogP contribution in [0.4, 0.5) is 5.82 Å². The molecule has 2 fully saturated rings. The molecule has 0 unspecified atom stereocenters. The minimum Gasteiger partial charge on any atom is -0.350 e. The molecular formula is C16H23N7. The van der Waals surface area contributed by atoms with E-state index in [4.69, 9.17) is 0 Å². The first-order valence-corrected chi connectivity index (χ1v) is 8.49. The SMILES string of the molecule is c1cc(N(C2CC2)C2CCN(CCn3cncn3)CC2)ncn1. The Bertz CT molecular complexity index is 588. The van der Waals surface area contributed by atoms with Gasteiger partial charge in [0.1, 0.15) is 24.8 Å².